The van der Waals surface area contributed by atoms with E-state index in [1.54, 1.807) is 12.1 Å². The van der Waals surface area contributed by atoms with Crippen LogP contribution in [0.15, 0.2) is 71.3 Å². The van der Waals surface area contributed by atoms with Crippen LogP contribution in [-0.4, -0.2) is 42.9 Å². The molecule has 1 saturated heterocycles. The number of nitrogens with zero attached hydrogens (tertiary/aromatic N) is 2. The van der Waals surface area contributed by atoms with Gasteiger partial charge in [-0.15, -0.1) is 0 Å². The van der Waals surface area contributed by atoms with Crippen molar-refractivity contribution in [2.45, 2.75) is 6.92 Å². The Morgan fingerprint density at radius 2 is 1.59 bits per heavy atom. The Bertz CT molecular complexity index is 971. The molecule has 1 N–H and O–H groups in total. The first-order valence-corrected chi connectivity index (χ1v) is 9.66. The maximum absolute atomic E-state index is 12.7. The number of aryl methyl sites for hydroxylation is 1. The number of piperazine rings is 1. The van der Waals surface area contributed by atoms with Gasteiger partial charge in [-0.3, -0.25) is 9.59 Å². The van der Waals surface area contributed by atoms with Crippen LogP contribution < -0.4 is 10.2 Å². The molecule has 6 nitrogen and oxygen atoms in total. The molecule has 0 spiro atoms. The van der Waals surface area contributed by atoms with E-state index < -0.39 is 0 Å². The van der Waals surface area contributed by atoms with Gasteiger partial charge in [0.1, 0.15) is 0 Å². The molecule has 2 aromatic carbocycles. The van der Waals surface area contributed by atoms with Crippen LogP contribution in [-0.2, 0) is 0 Å². The highest BCUT2D eigenvalue weighted by Crippen LogP contribution is 2.21. The number of benzene rings is 2. The molecule has 0 saturated carbocycles. The third-order valence-electron chi connectivity index (χ3n) is 5.10. The quantitative estimate of drug-likeness (QED) is 0.737. The van der Waals surface area contributed by atoms with Crippen LogP contribution in [0.3, 0.4) is 0 Å². The fraction of sp³-hybridized carbons (Fsp3) is 0.217. The van der Waals surface area contributed by atoms with Crippen LogP contribution in [0.1, 0.15) is 26.5 Å². The van der Waals surface area contributed by atoms with Crippen molar-refractivity contribution in [1.29, 1.82) is 0 Å². The number of hydrogen-bond donors (Lipinski definition) is 1. The minimum absolute atomic E-state index is 0.0839. The summed E-state index contributed by atoms with van der Waals surface area (Å²) in [5, 5.41) is 2.81. The van der Waals surface area contributed by atoms with E-state index in [-0.39, 0.29) is 17.6 Å². The predicted molar refractivity (Wildman–Crippen MR) is 112 cm³/mol. The number of anilines is 2. The largest absolute Gasteiger partial charge is 0.459 e. The van der Waals surface area contributed by atoms with E-state index in [0.29, 0.717) is 18.8 Å². The van der Waals surface area contributed by atoms with Crippen molar-refractivity contribution < 1.29 is 14.0 Å². The Hall–Kier alpha value is -3.54. The van der Waals surface area contributed by atoms with Crippen LogP contribution >= 0.6 is 0 Å². The predicted octanol–water partition coefficient (Wildman–Crippen LogP) is 3.80. The number of amides is 2. The molecule has 2 amide bonds. The minimum atomic E-state index is -0.272. The molecule has 0 radical (unpaired) electrons. The average Bonchev–Trinajstić information content (AvgIpc) is 3.30. The summed E-state index contributed by atoms with van der Waals surface area (Å²) in [6, 6.07) is 18.7. The first kappa shape index (κ1) is 18.8. The molecule has 3 aromatic rings. The standard InChI is InChI=1S/C23H23N3O3/c1-17-4-6-18(7-5-17)23(28)26-14-12-25(13-15-26)20-10-8-19(9-11-20)24-22(27)21-3-2-16-29-21/h2-11,16H,12-15H2,1H3,(H,24,27). The summed E-state index contributed by atoms with van der Waals surface area (Å²) in [5.74, 6) is 0.0926. The van der Waals surface area contributed by atoms with E-state index in [1.165, 1.54) is 6.26 Å². The van der Waals surface area contributed by atoms with Gasteiger partial charge in [0.2, 0.25) is 0 Å². The molecule has 0 atom stereocenters. The molecule has 1 aliphatic rings. The first-order valence-electron chi connectivity index (χ1n) is 9.66. The highest BCUT2D eigenvalue weighted by atomic mass is 16.3. The van der Waals surface area contributed by atoms with Crippen molar-refractivity contribution in [3.05, 3.63) is 83.8 Å². The molecule has 6 heteroatoms. The van der Waals surface area contributed by atoms with Gasteiger partial charge in [-0.1, -0.05) is 17.7 Å². The Kier molecular flexibility index (Phi) is 5.33. The van der Waals surface area contributed by atoms with Gasteiger partial charge in [0.05, 0.1) is 6.26 Å². The SMILES string of the molecule is Cc1ccc(C(=O)N2CCN(c3ccc(NC(=O)c4ccco4)cc3)CC2)cc1. The van der Waals surface area contributed by atoms with Crippen molar-refractivity contribution in [3.63, 3.8) is 0 Å². The van der Waals surface area contributed by atoms with Crippen LogP contribution in [0.5, 0.6) is 0 Å². The fourth-order valence-corrected chi connectivity index (χ4v) is 3.40. The molecule has 148 valence electrons. The lowest BCUT2D eigenvalue weighted by molar-refractivity contribution is 0.0746. The number of furan rings is 1. The summed E-state index contributed by atoms with van der Waals surface area (Å²) in [4.78, 5) is 28.9. The van der Waals surface area contributed by atoms with Crippen molar-refractivity contribution in [2.24, 2.45) is 0 Å². The molecule has 0 aliphatic carbocycles. The molecular weight excluding hydrogens is 366 g/mol. The van der Waals surface area contributed by atoms with E-state index in [2.05, 4.69) is 10.2 Å². The zero-order valence-electron chi connectivity index (χ0n) is 16.3. The molecule has 0 unspecified atom stereocenters. The molecule has 2 heterocycles. The Morgan fingerprint density at radius 3 is 2.21 bits per heavy atom. The van der Waals surface area contributed by atoms with Gasteiger partial charge in [0, 0.05) is 43.1 Å². The number of nitrogens with one attached hydrogen (secondary N) is 1. The lowest BCUT2D eigenvalue weighted by Crippen LogP contribution is -2.48. The summed E-state index contributed by atoms with van der Waals surface area (Å²) in [7, 11) is 0. The summed E-state index contributed by atoms with van der Waals surface area (Å²) >= 11 is 0. The Labute approximate surface area is 169 Å². The minimum Gasteiger partial charge on any atom is -0.459 e. The van der Waals surface area contributed by atoms with Gasteiger partial charge in [0.25, 0.3) is 11.8 Å². The number of rotatable bonds is 4. The van der Waals surface area contributed by atoms with Gasteiger partial charge in [0.15, 0.2) is 5.76 Å². The molecule has 1 aliphatic heterocycles. The van der Waals surface area contributed by atoms with Crippen LogP contribution in [0, 0.1) is 6.92 Å². The van der Waals surface area contributed by atoms with Gasteiger partial charge in [-0.05, 0) is 55.5 Å². The van der Waals surface area contributed by atoms with Gasteiger partial charge >= 0.3 is 0 Å². The van der Waals surface area contributed by atoms with Crippen molar-refractivity contribution in [2.75, 3.05) is 36.4 Å². The second kappa shape index (κ2) is 8.22. The maximum Gasteiger partial charge on any atom is 0.291 e. The summed E-state index contributed by atoms with van der Waals surface area (Å²) < 4.78 is 5.10. The van der Waals surface area contributed by atoms with Crippen LogP contribution in [0.25, 0.3) is 0 Å². The molecule has 1 fully saturated rings. The summed E-state index contributed by atoms with van der Waals surface area (Å²) in [6.07, 6.45) is 1.47. The van der Waals surface area contributed by atoms with E-state index >= 15 is 0 Å². The van der Waals surface area contributed by atoms with Gasteiger partial charge in [-0.2, -0.15) is 0 Å². The monoisotopic (exact) mass is 389 g/mol. The maximum atomic E-state index is 12.7. The van der Waals surface area contributed by atoms with Gasteiger partial charge < -0.3 is 19.5 Å². The lowest BCUT2D eigenvalue weighted by Gasteiger charge is -2.36. The molecule has 1 aromatic heterocycles. The first-order chi connectivity index (χ1) is 14.1. The second-order valence-electron chi connectivity index (χ2n) is 7.12. The highest BCUT2D eigenvalue weighted by Gasteiger charge is 2.22. The molecular formula is C23H23N3O3. The zero-order valence-corrected chi connectivity index (χ0v) is 16.3. The van der Waals surface area contributed by atoms with Gasteiger partial charge in [-0.25, -0.2) is 0 Å². The topological polar surface area (TPSA) is 65.8 Å². The third kappa shape index (κ3) is 4.32. The number of carbonyl (C=O) groups excluding carboxylic acids is 2. The number of carbonyl (C=O) groups is 2. The Balaban J connectivity index is 1.33. The zero-order chi connectivity index (χ0) is 20.2. The third-order valence-corrected chi connectivity index (χ3v) is 5.10. The van der Waals surface area contributed by atoms with Crippen molar-refractivity contribution in [3.8, 4) is 0 Å². The van der Waals surface area contributed by atoms with Crippen molar-refractivity contribution in [1.82, 2.24) is 4.90 Å². The molecule has 0 bridgehead atoms. The van der Waals surface area contributed by atoms with Crippen LogP contribution in [0.2, 0.25) is 0 Å². The summed E-state index contributed by atoms with van der Waals surface area (Å²) in [6.45, 7) is 4.93. The normalized spacial score (nSPS) is 14.0. The lowest BCUT2D eigenvalue weighted by atomic mass is 10.1. The van der Waals surface area contributed by atoms with E-state index in [4.69, 9.17) is 4.42 Å². The van der Waals surface area contributed by atoms with Crippen molar-refractivity contribution >= 4 is 23.2 Å². The van der Waals surface area contributed by atoms with Crippen LogP contribution in [0.4, 0.5) is 11.4 Å². The molecule has 4 rings (SSSR count). The van der Waals surface area contributed by atoms with E-state index in [0.717, 1.165) is 29.9 Å². The van der Waals surface area contributed by atoms with E-state index in [1.807, 2.05) is 60.4 Å². The molecule has 29 heavy (non-hydrogen) atoms. The average molecular weight is 389 g/mol. The highest BCUT2D eigenvalue weighted by molar-refractivity contribution is 6.02. The number of hydrogen-bond acceptors (Lipinski definition) is 4. The second-order valence-corrected chi connectivity index (χ2v) is 7.12. The fourth-order valence-electron chi connectivity index (χ4n) is 3.40. The van der Waals surface area contributed by atoms with E-state index in [9.17, 15) is 9.59 Å². The Morgan fingerprint density at radius 1 is 0.897 bits per heavy atom. The summed E-state index contributed by atoms with van der Waals surface area (Å²) in [5.41, 5.74) is 3.67. The smallest absolute Gasteiger partial charge is 0.291 e.